The Labute approximate surface area is 149 Å². The number of piperazine rings is 1. The lowest BCUT2D eigenvalue weighted by molar-refractivity contribution is 0.208. The first-order valence-electron chi connectivity index (χ1n) is 8.76. The van der Waals surface area contributed by atoms with E-state index in [0.29, 0.717) is 19.7 Å². The van der Waals surface area contributed by atoms with Crippen LogP contribution in [0.4, 0.5) is 16.2 Å². The van der Waals surface area contributed by atoms with Gasteiger partial charge < -0.3 is 19.9 Å². The van der Waals surface area contributed by atoms with Crippen molar-refractivity contribution in [3.8, 4) is 5.75 Å². The lowest BCUT2D eigenvalue weighted by Gasteiger charge is -2.36. The largest absolute Gasteiger partial charge is 0.494 e. The van der Waals surface area contributed by atoms with Crippen molar-refractivity contribution in [1.29, 1.82) is 0 Å². The Bertz CT molecular complexity index is 707. The molecule has 1 aliphatic heterocycles. The maximum Gasteiger partial charge on any atom is 0.321 e. The molecule has 0 spiro atoms. The summed E-state index contributed by atoms with van der Waals surface area (Å²) < 4.78 is 5.48. The number of carbonyl (C=O) groups is 1. The number of urea groups is 1. The molecule has 5 heteroatoms. The number of benzene rings is 2. The summed E-state index contributed by atoms with van der Waals surface area (Å²) in [5, 5.41) is 2.98. The topological polar surface area (TPSA) is 44.8 Å². The van der Waals surface area contributed by atoms with Crippen molar-refractivity contribution < 1.29 is 9.53 Å². The van der Waals surface area contributed by atoms with Crippen molar-refractivity contribution >= 4 is 17.4 Å². The van der Waals surface area contributed by atoms with E-state index in [1.54, 1.807) is 0 Å². The Kier molecular flexibility index (Phi) is 5.43. The molecule has 0 aliphatic carbocycles. The van der Waals surface area contributed by atoms with Gasteiger partial charge in [-0.2, -0.15) is 0 Å². The second-order valence-corrected chi connectivity index (χ2v) is 6.20. The number of nitrogens with zero attached hydrogens (tertiary/aromatic N) is 2. The van der Waals surface area contributed by atoms with E-state index in [2.05, 4.69) is 22.3 Å². The number of nitrogens with one attached hydrogen (secondary N) is 1. The molecule has 0 bridgehead atoms. The molecule has 2 aromatic carbocycles. The van der Waals surface area contributed by atoms with E-state index in [1.807, 2.05) is 55.1 Å². The lowest BCUT2D eigenvalue weighted by atomic mass is 10.2. The first-order valence-corrected chi connectivity index (χ1v) is 8.76. The van der Waals surface area contributed by atoms with Gasteiger partial charge in [0.15, 0.2) is 0 Å². The third-order valence-electron chi connectivity index (χ3n) is 4.35. The van der Waals surface area contributed by atoms with Gasteiger partial charge in [-0.1, -0.05) is 12.1 Å². The van der Waals surface area contributed by atoms with Gasteiger partial charge in [0, 0.05) is 37.6 Å². The van der Waals surface area contributed by atoms with Crippen LogP contribution in [0, 0.1) is 6.92 Å². The highest BCUT2D eigenvalue weighted by Gasteiger charge is 2.21. The normalized spacial score (nSPS) is 14.3. The fraction of sp³-hybridized carbons (Fsp3) is 0.350. The van der Waals surface area contributed by atoms with E-state index in [0.717, 1.165) is 30.1 Å². The monoisotopic (exact) mass is 339 g/mol. The molecular formula is C20H25N3O2. The molecule has 2 aromatic rings. The Morgan fingerprint density at radius 2 is 1.80 bits per heavy atom. The molecule has 1 heterocycles. The summed E-state index contributed by atoms with van der Waals surface area (Å²) in [6.07, 6.45) is 0. The summed E-state index contributed by atoms with van der Waals surface area (Å²) in [4.78, 5) is 16.6. The summed E-state index contributed by atoms with van der Waals surface area (Å²) in [6, 6.07) is 16.0. The second kappa shape index (κ2) is 7.92. The first-order chi connectivity index (χ1) is 12.2. The van der Waals surface area contributed by atoms with Crippen LogP contribution in [-0.4, -0.2) is 43.7 Å². The summed E-state index contributed by atoms with van der Waals surface area (Å²) >= 11 is 0. The standard InChI is InChI=1S/C20H25N3O2/c1-3-25-19-9-7-18(8-10-19)22-11-13-23(14-12-22)20(24)21-17-6-4-5-16(2)15-17/h4-10,15H,3,11-14H2,1-2H3,(H,21,24). The minimum absolute atomic E-state index is 0.0306. The van der Waals surface area contributed by atoms with Gasteiger partial charge in [0.25, 0.3) is 0 Å². The smallest absolute Gasteiger partial charge is 0.321 e. The van der Waals surface area contributed by atoms with Crippen LogP contribution >= 0.6 is 0 Å². The molecule has 2 amide bonds. The predicted molar refractivity (Wildman–Crippen MR) is 102 cm³/mol. The summed E-state index contributed by atoms with van der Waals surface area (Å²) in [6.45, 7) is 7.76. The molecule has 0 unspecified atom stereocenters. The van der Waals surface area contributed by atoms with Crippen LogP contribution in [0.3, 0.4) is 0 Å². The molecule has 1 aliphatic rings. The maximum atomic E-state index is 12.4. The zero-order chi connectivity index (χ0) is 17.6. The van der Waals surface area contributed by atoms with Crippen LogP contribution in [0.15, 0.2) is 48.5 Å². The molecule has 0 aromatic heterocycles. The number of hydrogen-bond donors (Lipinski definition) is 1. The van der Waals surface area contributed by atoms with Crippen molar-refractivity contribution in [2.45, 2.75) is 13.8 Å². The van der Waals surface area contributed by atoms with E-state index in [9.17, 15) is 4.79 Å². The number of amides is 2. The number of rotatable bonds is 4. The molecule has 1 fully saturated rings. The molecule has 0 atom stereocenters. The molecule has 0 saturated carbocycles. The number of anilines is 2. The number of carbonyl (C=O) groups excluding carboxylic acids is 1. The van der Waals surface area contributed by atoms with Crippen LogP contribution in [0.25, 0.3) is 0 Å². The van der Waals surface area contributed by atoms with Crippen LogP contribution in [0.1, 0.15) is 12.5 Å². The third kappa shape index (κ3) is 4.44. The van der Waals surface area contributed by atoms with Gasteiger partial charge in [-0.05, 0) is 55.8 Å². The number of hydrogen-bond acceptors (Lipinski definition) is 3. The molecule has 5 nitrogen and oxygen atoms in total. The predicted octanol–water partition coefficient (Wildman–Crippen LogP) is 3.75. The quantitative estimate of drug-likeness (QED) is 0.923. The highest BCUT2D eigenvalue weighted by Crippen LogP contribution is 2.21. The van der Waals surface area contributed by atoms with Crippen LogP contribution in [0.5, 0.6) is 5.75 Å². The Morgan fingerprint density at radius 1 is 1.08 bits per heavy atom. The Balaban J connectivity index is 1.53. The number of ether oxygens (including phenoxy) is 1. The second-order valence-electron chi connectivity index (χ2n) is 6.20. The van der Waals surface area contributed by atoms with E-state index < -0.39 is 0 Å². The van der Waals surface area contributed by atoms with Crippen molar-refractivity contribution in [1.82, 2.24) is 4.90 Å². The van der Waals surface area contributed by atoms with Gasteiger partial charge in [-0.15, -0.1) is 0 Å². The van der Waals surface area contributed by atoms with Crippen molar-refractivity contribution in [3.63, 3.8) is 0 Å². The molecule has 1 N–H and O–H groups in total. The van der Waals surface area contributed by atoms with Gasteiger partial charge in [0.05, 0.1) is 6.61 Å². The first kappa shape index (κ1) is 17.1. The summed E-state index contributed by atoms with van der Waals surface area (Å²) in [5.74, 6) is 0.891. The molecule has 3 rings (SSSR count). The fourth-order valence-electron chi connectivity index (χ4n) is 3.01. The minimum atomic E-state index is -0.0306. The average molecular weight is 339 g/mol. The van der Waals surface area contributed by atoms with Gasteiger partial charge in [0.1, 0.15) is 5.75 Å². The molecule has 0 radical (unpaired) electrons. The fourth-order valence-corrected chi connectivity index (χ4v) is 3.01. The third-order valence-corrected chi connectivity index (χ3v) is 4.35. The number of aryl methyl sites for hydroxylation is 1. The van der Waals surface area contributed by atoms with Crippen LogP contribution < -0.4 is 15.0 Å². The van der Waals surface area contributed by atoms with E-state index >= 15 is 0 Å². The van der Waals surface area contributed by atoms with E-state index in [1.165, 1.54) is 5.69 Å². The SMILES string of the molecule is CCOc1ccc(N2CCN(C(=O)Nc3cccc(C)c3)CC2)cc1. The van der Waals surface area contributed by atoms with Gasteiger partial charge in [-0.25, -0.2) is 4.79 Å². The van der Waals surface area contributed by atoms with Gasteiger partial charge in [0.2, 0.25) is 0 Å². The Morgan fingerprint density at radius 3 is 2.44 bits per heavy atom. The van der Waals surface area contributed by atoms with E-state index in [-0.39, 0.29) is 6.03 Å². The van der Waals surface area contributed by atoms with Crippen molar-refractivity contribution in [3.05, 3.63) is 54.1 Å². The van der Waals surface area contributed by atoms with Gasteiger partial charge in [-0.3, -0.25) is 0 Å². The summed E-state index contributed by atoms with van der Waals surface area (Å²) in [7, 11) is 0. The molecule has 25 heavy (non-hydrogen) atoms. The maximum absolute atomic E-state index is 12.4. The highest BCUT2D eigenvalue weighted by molar-refractivity contribution is 5.89. The van der Waals surface area contributed by atoms with Crippen LogP contribution in [-0.2, 0) is 0 Å². The molecule has 1 saturated heterocycles. The van der Waals surface area contributed by atoms with Crippen LogP contribution in [0.2, 0.25) is 0 Å². The zero-order valence-corrected chi connectivity index (χ0v) is 14.9. The minimum Gasteiger partial charge on any atom is -0.494 e. The average Bonchev–Trinajstić information content (AvgIpc) is 2.63. The Hall–Kier alpha value is -2.69. The molecule has 132 valence electrons. The molecular weight excluding hydrogens is 314 g/mol. The zero-order valence-electron chi connectivity index (χ0n) is 14.9. The van der Waals surface area contributed by atoms with Gasteiger partial charge >= 0.3 is 6.03 Å². The summed E-state index contributed by atoms with van der Waals surface area (Å²) in [5.41, 5.74) is 3.15. The van der Waals surface area contributed by atoms with Crippen molar-refractivity contribution in [2.75, 3.05) is 43.0 Å². The van der Waals surface area contributed by atoms with Crippen molar-refractivity contribution in [2.24, 2.45) is 0 Å². The van der Waals surface area contributed by atoms with E-state index in [4.69, 9.17) is 4.74 Å². The highest BCUT2D eigenvalue weighted by atomic mass is 16.5. The lowest BCUT2D eigenvalue weighted by Crippen LogP contribution is -2.50.